The Balaban J connectivity index is 1.44. The molecule has 0 bridgehead atoms. The van der Waals surface area contributed by atoms with Crippen molar-refractivity contribution in [1.82, 2.24) is 14.9 Å². The third-order valence-corrected chi connectivity index (χ3v) is 5.89. The number of amides is 1. The van der Waals surface area contributed by atoms with Crippen molar-refractivity contribution in [3.8, 4) is 0 Å². The molecule has 3 atom stereocenters. The number of anilines is 1. The summed E-state index contributed by atoms with van der Waals surface area (Å²) in [6.07, 6.45) is 3.67. The summed E-state index contributed by atoms with van der Waals surface area (Å²) in [4.78, 5) is 26.4. The molecule has 0 radical (unpaired) electrons. The lowest BCUT2D eigenvalue weighted by Crippen LogP contribution is -2.38. The number of aromatic nitrogens is 2. The topological polar surface area (TPSA) is 58.6 Å². The normalized spacial score (nSPS) is 28.6. The van der Waals surface area contributed by atoms with Crippen LogP contribution in [0.4, 0.5) is 5.82 Å². The number of fused-ring (bicyclic) bond motifs is 1. The minimum atomic E-state index is 0.304. The lowest BCUT2D eigenvalue weighted by atomic mass is 10.0. The molecule has 1 aromatic heterocycles. The van der Waals surface area contributed by atoms with Gasteiger partial charge in [-0.2, -0.15) is 0 Å². The average molecular weight is 344 g/mol. The molecule has 4 rings (SSSR count). The summed E-state index contributed by atoms with van der Waals surface area (Å²) in [6, 6.07) is 2.49. The van der Waals surface area contributed by atoms with E-state index < -0.39 is 0 Å². The van der Waals surface area contributed by atoms with E-state index >= 15 is 0 Å². The van der Waals surface area contributed by atoms with Gasteiger partial charge in [-0.3, -0.25) is 4.79 Å². The molecule has 3 saturated heterocycles. The molecule has 0 saturated carbocycles. The fourth-order valence-electron chi connectivity index (χ4n) is 4.49. The Bertz CT molecular complexity index is 644. The summed E-state index contributed by atoms with van der Waals surface area (Å²) in [5.74, 6) is 3.24. The van der Waals surface area contributed by atoms with E-state index in [1.165, 1.54) is 0 Å². The molecule has 0 unspecified atom stereocenters. The standard InChI is InChI=1S/C19H28N4O2/c1-3-17-20-13(2)8-18(21-17)23-6-4-15-10-22(11-16(15)23)19(24)9-14-5-7-25-12-14/h8,14-16H,3-7,9-12H2,1-2H3/t14-,15-,16+/m1/s1. The quantitative estimate of drug-likeness (QED) is 0.834. The number of hydrogen-bond acceptors (Lipinski definition) is 5. The molecule has 0 N–H and O–H groups in total. The first-order chi connectivity index (χ1) is 12.1. The van der Waals surface area contributed by atoms with Gasteiger partial charge in [-0.1, -0.05) is 6.92 Å². The molecule has 1 amide bonds. The Labute approximate surface area is 149 Å². The number of nitrogens with zero attached hydrogens (tertiary/aromatic N) is 4. The Morgan fingerprint density at radius 1 is 1.32 bits per heavy atom. The molecule has 1 aromatic rings. The van der Waals surface area contributed by atoms with E-state index in [0.717, 1.165) is 69.4 Å². The largest absolute Gasteiger partial charge is 0.381 e. The van der Waals surface area contributed by atoms with Crippen molar-refractivity contribution in [3.63, 3.8) is 0 Å². The summed E-state index contributed by atoms with van der Waals surface area (Å²) >= 11 is 0. The molecular formula is C19H28N4O2. The second-order valence-electron chi connectivity index (χ2n) is 7.68. The van der Waals surface area contributed by atoms with Crippen LogP contribution in [0.3, 0.4) is 0 Å². The first kappa shape index (κ1) is 16.8. The van der Waals surface area contributed by atoms with Crippen molar-refractivity contribution in [2.24, 2.45) is 11.8 Å². The van der Waals surface area contributed by atoms with Crippen LogP contribution < -0.4 is 4.90 Å². The molecule has 3 aliphatic heterocycles. The SMILES string of the molecule is CCc1nc(C)cc(N2CC[C@@H]3CN(C(=O)C[C@H]4CCOC4)C[C@@H]32)n1. The first-order valence-electron chi connectivity index (χ1n) is 9.60. The molecule has 3 fully saturated rings. The molecular weight excluding hydrogens is 316 g/mol. The smallest absolute Gasteiger partial charge is 0.223 e. The monoisotopic (exact) mass is 344 g/mol. The van der Waals surface area contributed by atoms with Gasteiger partial charge in [-0.15, -0.1) is 0 Å². The van der Waals surface area contributed by atoms with Crippen LogP contribution in [0.1, 0.15) is 37.7 Å². The molecule has 136 valence electrons. The maximum absolute atomic E-state index is 12.7. The van der Waals surface area contributed by atoms with E-state index in [9.17, 15) is 4.79 Å². The number of hydrogen-bond donors (Lipinski definition) is 0. The maximum Gasteiger partial charge on any atom is 0.223 e. The van der Waals surface area contributed by atoms with Crippen molar-refractivity contribution >= 4 is 11.7 Å². The van der Waals surface area contributed by atoms with Crippen molar-refractivity contribution in [2.75, 3.05) is 37.7 Å². The number of rotatable bonds is 4. The van der Waals surface area contributed by atoms with Gasteiger partial charge in [0.05, 0.1) is 6.04 Å². The van der Waals surface area contributed by atoms with Crippen LogP contribution in [0.15, 0.2) is 6.07 Å². The van der Waals surface area contributed by atoms with E-state index in [2.05, 4.69) is 27.8 Å². The van der Waals surface area contributed by atoms with Crippen molar-refractivity contribution < 1.29 is 9.53 Å². The fraction of sp³-hybridized carbons (Fsp3) is 0.737. The molecule has 6 heteroatoms. The third-order valence-electron chi connectivity index (χ3n) is 5.89. The third kappa shape index (κ3) is 3.36. The van der Waals surface area contributed by atoms with Gasteiger partial charge >= 0.3 is 0 Å². The van der Waals surface area contributed by atoms with Gasteiger partial charge in [-0.05, 0) is 25.7 Å². The highest BCUT2D eigenvalue weighted by atomic mass is 16.5. The lowest BCUT2D eigenvalue weighted by Gasteiger charge is -2.26. The van der Waals surface area contributed by atoms with Crippen LogP contribution in [0.2, 0.25) is 0 Å². The maximum atomic E-state index is 12.7. The highest BCUT2D eigenvalue weighted by Crippen LogP contribution is 2.35. The summed E-state index contributed by atoms with van der Waals surface area (Å²) in [7, 11) is 0. The van der Waals surface area contributed by atoms with Crippen molar-refractivity contribution in [1.29, 1.82) is 0 Å². The van der Waals surface area contributed by atoms with Crippen LogP contribution in [0.5, 0.6) is 0 Å². The Morgan fingerprint density at radius 3 is 2.96 bits per heavy atom. The zero-order valence-electron chi connectivity index (χ0n) is 15.3. The predicted octanol–water partition coefficient (Wildman–Crippen LogP) is 1.81. The van der Waals surface area contributed by atoms with Gasteiger partial charge in [0.1, 0.15) is 11.6 Å². The van der Waals surface area contributed by atoms with E-state index in [4.69, 9.17) is 9.72 Å². The second kappa shape index (κ2) is 6.90. The molecule has 6 nitrogen and oxygen atoms in total. The summed E-state index contributed by atoms with van der Waals surface area (Å²) in [6.45, 7) is 8.45. The number of carbonyl (C=O) groups excluding carboxylic acids is 1. The number of likely N-dealkylation sites (tertiary alicyclic amines) is 1. The Kier molecular flexibility index (Phi) is 4.63. The van der Waals surface area contributed by atoms with Gasteiger partial charge in [0.25, 0.3) is 0 Å². The second-order valence-corrected chi connectivity index (χ2v) is 7.68. The van der Waals surface area contributed by atoms with Gasteiger partial charge in [0, 0.05) is 63.4 Å². The highest BCUT2D eigenvalue weighted by molar-refractivity contribution is 5.77. The molecule has 0 aromatic carbocycles. The fourth-order valence-corrected chi connectivity index (χ4v) is 4.49. The van der Waals surface area contributed by atoms with E-state index in [1.54, 1.807) is 0 Å². The van der Waals surface area contributed by atoms with E-state index in [1.807, 2.05) is 6.92 Å². The van der Waals surface area contributed by atoms with Crippen LogP contribution >= 0.6 is 0 Å². The van der Waals surface area contributed by atoms with Crippen LogP contribution in [-0.4, -0.2) is 59.7 Å². The number of carbonyl (C=O) groups is 1. The van der Waals surface area contributed by atoms with E-state index in [0.29, 0.717) is 30.2 Å². The zero-order valence-corrected chi connectivity index (χ0v) is 15.3. The van der Waals surface area contributed by atoms with Gasteiger partial charge in [0.15, 0.2) is 0 Å². The zero-order chi connectivity index (χ0) is 17.4. The first-order valence-corrected chi connectivity index (χ1v) is 9.60. The van der Waals surface area contributed by atoms with Gasteiger partial charge in [-0.25, -0.2) is 9.97 Å². The van der Waals surface area contributed by atoms with Crippen LogP contribution in [0.25, 0.3) is 0 Å². The molecule has 0 aliphatic carbocycles. The highest BCUT2D eigenvalue weighted by Gasteiger charge is 2.43. The van der Waals surface area contributed by atoms with Crippen LogP contribution in [0, 0.1) is 18.8 Å². The predicted molar refractivity (Wildman–Crippen MR) is 95.5 cm³/mol. The Morgan fingerprint density at radius 2 is 2.20 bits per heavy atom. The Hall–Kier alpha value is -1.69. The van der Waals surface area contributed by atoms with Crippen molar-refractivity contribution in [3.05, 3.63) is 17.6 Å². The van der Waals surface area contributed by atoms with Crippen LogP contribution in [-0.2, 0) is 16.0 Å². The number of ether oxygens (including phenoxy) is 1. The summed E-state index contributed by atoms with van der Waals surface area (Å²) in [5.41, 5.74) is 1.03. The van der Waals surface area contributed by atoms with Gasteiger partial charge < -0.3 is 14.5 Å². The molecule has 25 heavy (non-hydrogen) atoms. The minimum Gasteiger partial charge on any atom is -0.381 e. The number of aryl methyl sites for hydroxylation is 2. The minimum absolute atomic E-state index is 0.304. The molecule has 0 spiro atoms. The van der Waals surface area contributed by atoms with Gasteiger partial charge in [0.2, 0.25) is 5.91 Å². The van der Waals surface area contributed by atoms with E-state index in [-0.39, 0.29) is 0 Å². The summed E-state index contributed by atoms with van der Waals surface area (Å²) < 4.78 is 5.41. The summed E-state index contributed by atoms with van der Waals surface area (Å²) in [5, 5.41) is 0. The average Bonchev–Trinajstić information content (AvgIpc) is 3.30. The molecule has 4 heterocycles. The van der Waals surface area contributed by atoms with Crippen molar-refractivity contribution in [2.45, 2.75) is 45.6 Å². The lowest BCUT2D eigenvalue weighted by molar-refractivity contribution is -0.131. The molecule has 3 aliphatic rings.